The Morgan fingerprint density at radius 2 is 2.25 bits per heavy atom. The molecule has 0 bridgehead atoms. The minimum atomic E-state index is 0.171. The zero-order valence-electron chi connectivity index (χ0n) is 11.9. The molecule has 1 unspecified atom stereocenters. The van der Waals surface area contributed by atoms with Gasteiger partial charge < -0.3 is 20.7 Å². The number of nitrogens with two attached hydrogens (primary N) is 1. The van der Waals surface area contributed by atoms with Crippen molar-refractivity contribution < 1.29 is 4.74 Å². The lowest BCUT2D eigenvalue weighted by atomic mass is 10.1. The van der Waals surface area contributed by atoms with Gasteiger partial charge in [0.05, 0.1) is 13.2 Å². The molecule has 0 amide bonds. The molecule has 0 aliphatic carbocycles. The maximum Gasteiger partial charge on any atom is 0.243 e. The molecule has 2 rings (SSSR count). The topological polar surface area (TPSA) is 92.1 Å². The first kappa shape index (κ1) is 14.1. The molecule has 1 heterocycles. The van der Waals surface area contributed by atoms with Crippen LogP contribution in [0.4, 0.5) is 11.9 Å². The second-order valence-electron chi connectivity index (χ2n) is 4.68. The number of nitrogens with zero attached hydrogens (tertiary/aromatic N) is 3. The third kappa shape index (κ3) is 3.39. The van der Waals surface area contributed by atoms with E-state index in [9.17, 15) is 0 Å². The Kier molecular flexibility index (Phi) is 4.41. The van der Waals surface area contributed by atoms with Crippen molar-refractivity contribution in [3.05, 3.63) is 29.8 Å². The number of aromatic nitrogens is 3. The normalized spacial score (nSPS) is 12.4. The summed E-state index contributed by atoms with van der Waals surface area (Å²) in [6, 6.07) is 8.18. The van der Waals surface area contributed by atoms with Gasteiger partial charge in [-0.3, -0.25) is 0 Å². The number of hydrogen-bond acceptors (Lipinski definition) is 6. The number of anilines is 2. The number of aromatic amines is 1. The predicted molar refractivity (Wildman–Crippen MR) is 78.7 cm³/mol. The number of rotatable bonds is 6. The van der Waals surface area contributed by atoms with E-state index in [0.717, 1.165) is 11.3 Å². The first-order valence-corrected chi connectivity index (χ1v) is 6.32. The number of methoxy groups -OCH3 is 1. The summed E-state index contributed by atoms with van der Waals surface area (Å²) in [6.45, 7) is 0.664. The van der Waals surface area contributed by atoms with Gasteiger partial charge in [-0.05, 0) is 31.8 Å². The fourth-order valence-electron chi connectivity index (χ4n) is 1.99. The lowest BCUT2D eigenvalue weighted by Gasteiger charge is -2.25. The molecule has 7 nitrogen and oxygen atoms in total. The summed E-state index contributed by atoms with van der Waals surface area (Å²) in [6.07, 6.45) is 0. The third-order valence-corrected chi connectivity index (χ3v) is 3.06. The molecule has 0 aliphatic heterocycles. The number of nitrogens with one attached hydrogen (secondary N) is 2. The molecule has 2 aromatic rings. The zero-order valence-corrected chi connectivity index (χ0v) is 11.9. The minimum absolute atomic E-state index is 0.171. The van der Waals surface area contributed by atoms with Gasteiger partial charge in [0.1, 0.15) is 5.75 Å². The molecule has 1 atom stereocenters. The standard InChI is InChI=1S/C13H20N6O/c1-19(2)11(8-15-13-16-12(14)17-18-13)9-5-4-6-10(7-9)20-3/h4-7,11H,8H2,1-3H3,(H4,14,15,16,17,18). The molecule has 0 spiro atoms. The van der Waals surface area contributed by atoms with Crippen molar-refractivity contribution in [3.8, 4) is 5.75 Å². The molecule has 0 saturated heterocycles. The second-order valence-corrected chi connectivity index (χ2v) is 4.68. The van der Waals surface area contributed by atoms with E-state index in [2.05, 4.69) is 31.5 Å². The van der Waals surface area contributed by atoms with Gasteiger partial charge in [-0.25, -0.2) is 5.10 Å². The van der Waals surface area contributed by atoms with Gasteiger partial charge in [-0.15, -0.1) is 5.10 Å². The molecule has 0 fully saturated rings. The smallest absolute Gasteiger partial charge is 0.243 e. The summed E-state index contributed by atoms with van der Waals surface area (Å²) in [5.74, 6) is 1.64. The Bertz CT molecular complexity index is 553. The summed E-state index contributed by atoms with van der Waals surface area (Å²) >= 11 is 0. The predicted octanol–water partition coefficient (Wildman–Crippen LogP) is 1.11. The fourth-order valence-corrected chi connectivity index (χ4v) is 1.99. The summed E-state index contributed by atoms with van der Waals surface area (Å²) in [7, 11) is 5.72. The van der Waals surface area contributed by atoms with Crippen molar-refractivity contribution >= 4 is 11.9 Å². The van der Waals surface area contributed by atoms with E-state index in [1.54, 1.807) is 7.11 Å². The first-order valence-electron chi connectivity index (χ1n) is 6.32. The Morgan fingerprint density at radius 3 is 2.85 bits per heavy atom. The molecule has 0 aliphatic rings. The van der Waals surface area contributed by atoms with E-state index in [0.29, 0.717) is 18.4 Å². The van der Waals surface area contributed by atoms with Crippen molar-refractivity contribution in [2.45, 2.75) is 6.04 Å². The van der Waals surface area contributed by atoms with Crippen LogP contribution in [-0.2, 0) is 0 Å². The number of nitrogen functional groups attached to an aromatic ring is 1. The van der Waals surface area contributed by atoms with Crippen LogP contribution in [0.5, 0.6) is 5.75 Å². The van der Waals surface area contributed by atoms with E-state index < -0.39 is 0 Å². The van der Waals surface area contributed by atoms with Crippen LogP contribution < -0.4 is 15.8 Å². The van der Waals surface area contributed by atoms with Crippen molar-refractivity contribution in [1.29, 1.82) is 0 Å². The van der Waals surface area contributed by atoms with E-state index in [-0.39, 0.29) is 6.04 Å². The van der Waals surface area contributed by atoms with Gasteiger partial charge in [0.2, 0.25) is 11.9 Å². The number of likely N-dealkylation sites (N-methyl/N-ethyl adjacent to an activating group) is 1. The summed E-state index contributed by atoms with van der Waals surface area (Å²) in [4.78, 5) is 6.15. The van der Waals surface area contributed by atoms with Crippen LogP contribution >= 0.6 is 0 Å². The Morgan fingerprint density at radius 1 is 1.45 bits per heavy atom. The Balaban J connectivity index is 2.10. The number of ether oxygens (including phenoxy) is 1. The SMILES string of the molecule is COc1cccc(C(CNc2n[nH]c(N)n2)N(C)C)c1. The maximum atomic E-state index is 5.50. The monoisotopic (exact) mass is 276 g/mol. The van der Waals surface area contributed by atoms with Gasteiger partial charge in [-0.1, -0.05) is 12.1 Å². The van der Waals surface area contributed by atoms with E-state index >= 15 is 0 Å². The highest BCUT2D eigenvalue weighted by atomic mass is 16.5. The molecular formula is C13H20N6O. The molecule has 1 aromatic heterocycles. The van der Waals surface area contributed by atoms with E-state index in [4.69, 9.17) is 10.5 Å². The second kappa shape index (κ2) is 6.25. The highest BCUT2D eigenvalue weighted by Gasteiger charge is 2.15. The summed E-state index contributed by atoms with van der Waals surface area (Å²) in [5.41, 5.74) is 6.66. The Labute approximate surface area is 118 Å². The van der Waals surface area contributed by atoms with Crippen LogP contribution in [0.2, 0.25) is 0 Å². The zero-order chi connectivity index (χ0) is 14.5. The first-order chi connectivity index (χ1) is 9.60. The largest absolute Gasteiger partial charge is 0.497 e. The van der Waals surface area contributed by atoms with Gasteiger partial charge in [0, 0.05) is 6.54 Å². The van der Waals surface area contributed by atoms with Crippen molar-refractivity contribution in [1.82, 2.24) is 20.1 Å². The fraction of sp³-hybridized carbons (Fsp3) is 0.385. The van der Waals surface area contributed by atoms with Crippen molar-refractivity contribution in [2.24, 2.45) is 0 Å². The highest BCUT2D eigenvalue weighted by Crippen LogP contribution is 2.22. The third-order valence-electron chi connectivity index (χ3n) is 3.06. The molecular weight excluding hydrogens is 256 g/mol. The molecule has 7 heteroatoms. The van der Waals surface area contributed by atoms with Crippen LogP contribution in [0.3, 0.4) is 0 Å². The number of hydrogen-bond donors (Lipinski definition) is 3. The van der Waals surface area contributed by atoms with E-state index in [1.807, 2.05) is 32.3 Å². The highest BCUT2D eigenvalue weighted by molar-refractivity contribution is 5.34. The van der Waals surface area contributed by atoms with Crippen LogP contribution in [0, 0.1) is 0 Å². The maximum absolute atomic E-state index is 5.50. The average Bonchev–Trinajstić information content (AvgIpc) is 2.84. The minimum Gasteiger partial charge on any atom is -0.497 e. The van der Waals surface area contributed by atoms with Crippen LogP contribution in [0.1, 0.15) is 11.6 Å². The Hall–Kier alpha value is -2.28. The quantitative estimate of drug-likeness (QED) is 0.732. The van der Waals surface area contributed by atoms with E-state index in [1.165, 1.54) is 0 Å². The van der Waals surface area contributed by atoms with Gasteiger partial charge in [0.15, 0.2) is 0 Å². The number of benzene rings is 1. The molecule has 0 radical (unpaired) electrons. The molecule has 1 aromatic carbocycles. The van der Waals surface area contributed by atoms with Crippen molar-refractivity contribution in [2.75, 3.05) is 38.8 Å². The van der Waals surface area contributed by atoms with Gasteiger partial charge >= 0.3 is 0 Å². The molecule has 0 saturated carbocycles. The molecule has 4 N–H and O–H groups in total. The summed E-state index contributed by atoms with van der Waals surface area (Å²) < 4.78 is 5.27. The lowest BCUT2D eigenvalue weighted by molar-refractivity contribution is 0.310. The average molecular weight is 276 g/mol. The molecule has 20 heavy (non-hydrogen) atoms. The van der Waals surface area contributed by atoms with Crippen LogP contribution in [-0.4, -0.2) is 47.8 Å². The van der Waals surface area contributed by atoms with Crippen LogP contribution in [0.25, 0.3) is 0 Å². The van der Waals surface area contributed by atoms with Gasteiger partial charge in [-0.2, -0.15) is 4.98 Å². The van der Waals surface area contributed by atoms with Crippen molar-refractivity contribution in [3.63, 3.8) is 0 Å². The van der Waals surface area contributed by atoms with Crippen LogP contribution in [0.15, 0.2) is 24.3 Å². The number of H-pyrrole nitrogens is 1. The summed E-state index contributed by atoms with van der Waals surface area (Å²) in [5, 5.41) is 9.73. The molecule has 108 valence electrons. The van der Waals surface area contributed by atoms with Gasteiger partial charge in [0.25, 0.3) is 0 Å². The lowest BCUT2D eigenvalue weighted by Crippen LogP contribution is -2.27.